The zero-order chi connectivity index (χ0) is 14.8. The first kappa shape index (κ1) is 14.1. The minimum atomic E-state index is -0.306. The van der Waals surface area contributed by atoms with Crippen molar-refractivity contribution >= 4 is 0 Å². The molecule has 1 aliphatic rings. The van der Waals surface area contributed by atoms with Crippen molar-refractivity contribution in [2.45, 2.75) is 31.8 Å². The van der Waals surface area contributed by atoms with Crippen molar-refractivity contribution in [2.24, 2.45) is 0 Å². The van der Waals surface area contributed by atoms with Crippen LogP contribution in [0, 0.1) is 5.82 Å². The highest BCUT2D eigenvalue weighted by Gasteiger charge is 2.20. The number of benzene rings is 1. The summed E-state index contributed by atoms with van der Waals surface area (Å²) in [4.78, 5) is 0. The molecule has 21 heavy (non-hydrogen) atoms. The number of rotatable bonds is 4. The van der Waals surface area contributed by atoms with E-state index in [1.807, 2.05) is 13.1 Å². The summed E-state index contributed by atoms with van der Waals surface area (Å²) in [5, 5.41) is 3.37. The fourth-order valence-corrected chi connectivity index (χ4v) is 3.16. The second-order valence-corrected chi connectivity index (χ2v) is 5.61. The van der Waals surface area contributed by atoms with Crippen LogP contribution in [0.2, 0.25) is 0 Å². The zero-order valence-corrected chi connectivity index (χ0v) is 12.5. The Labute approximate surface area is 124 Å². The molecule has 1 aromatic carbocycles. The number of ether oxygens (including phenoxy) is 1. The molecule has 0 bridgehead atoms. The van der Waals surface area contributed by atoms with Gasteiger partial charge in [0.1, 0.15) is 0 Å². The van der Waals surface area contributed by atoms with E-state index in [0.29, 0.717) is 18.3 Å². The molecule has 3 nitrogen and oxygen atoms in total. The molecule has 2 aromatic rings. The average Bonchev–Trinajstić information content (AvgIpc) is 2.89. The summed E-state index contributed by atoms with van der Waals surface area (Å²) in [6, 6.07) is 5.59. The topological polar surface area (TPSA) is 26.2 Å². The number of aryl methyl sites for hydroxylation is 1. The van der Waals surface area contributed by atoms with Crippen molar-refractivity contribution < 1.29 is 9.13 Å². The van der Waals surface area contributed by atoms with Gasteiger partial charge in [0.15, 0.2) is 11.6 Å². The second kappa shape index (κ2) is 5.90. The van der Waals surface area contributed by atoms with E-state index in [1.165, 1.54) is 31.1 Å². The molecular formula is C17H21FN2O. The third-order valence-corrected chi connectivity index (χ3v) is 4.24. The van der Waals surface area contributed by atoms with Gasteiger partial charge in [-0.3, -0.25) is 0 Å². The largest absolute Gasteiger partial charge is 0.494 e. The molecule has 112 valence electrons. The molecule has 1 aliphatic carbocycles. The van der Waals surface area contributed by atoms with Crippen LogP contribution in [0.15, 0.2) is 30.6 Å². The van der Waals surface area contributed by atoms with Gasteiger partial charge in [0.25, 0.3) is 0 Å². The summed E-state index contributed by atoms with van der Waals surface area (Å²) in [5.41, 5.74) is 3.74. The van der Waals surface area contributed by atoms with Crippen molar-refractivity contribution in [3.05, 3.63) is 53.1 Å². The summed E-state index contributed by atoms with van der Waals surface area (Å²) < 4.78 is 20.9. The standard InChI is InChI=1S/C17H21FN2O/c1-19-16-5-3-4-13-10-20(11-14(13)16)9-12-6-7-17(21-2)15(18)8-12/h6-8,10-11,16,19H,3-5,9H2,1-2H3. The lowest BCUT2D eigenvalue weighted by Gasteiger charge is -2.21. The van der Waals surface area contributed by atoms with Gasteiger partial charge in [0.2, 0.25) is 0 Å². The highest BCUT2D eigenvalue weighted by atomic mass is 19.1. The highest BCUT2D eigenvalue weighted by molar-refractivity contribution is 5.33. The summed E-state index contributed by atoms with van der Waals surface area (Å²) in [5.74, 6) is -0.0131. The molecule has 0 saturated carbocycles. The quantitative estimate of drug-likeness (QED) is 0.934. The van der Waals surface area contributed by atoms with E-state index < -0.39 is 0 Å². The van der Waals surface area contributed by atoms with E-state index in [4.69, 9.17) is 4.74 Å². The number of methoxy groups -OCH3 is 1. The molecule has 0 saturated heterocycles. The Morgan fingerprint density at radius 1 is 1.38 bits per heavy atom. The summed E-state index contributed by atoms with van der Waals surface area (Å²) in [7, 11) is 3.49. The van der Waals surface area contributed by atoms with Gasteiger partial charge in [0, 0.05) is 25.0 Å². The molecule has 3 rings (SSSR count). The van der Waals surface area contributed by atoms with E-state index in [2.05, 4.69) is 22.3 Å². The van der Waals surface area contributed by atoms with Crippen molar-refractivity contribution in [1.82, 2.24) is 9.88 Å². The lowest BCUT2D eigenvalue weighted by Crippen LogP contribution is -2.20. The Bertz CT molecular complexity index is 636. The maximum Gasteiger partial charge on any atom is 0.165 e. The molecule has 1 heterocycles. The van der Waals surface area contributed by atoms with Gasteiger partial charge in [0.05, 0.1) is 7.11 Å². The molecule has 1 N–H and O–H groups in total. The molecule has 1 aromatic heterocycles. The molecule has 0 spiro atoms. The van der Waals surface area contributed by atoms with Gasteiger partial charge in [-0.1, -0.05) is 6.07 Å². The smallest absolute Gasteiger partial charge is 0.165 e. The lowest BCUT2D eigenvalue weighted by atomic mass is 9.91. The molecule has 0 aliphatic heterocycles. The summed E-state index contributed by atoms with van der Waals surface area (Å²) in [6.07, 6.45) is 7.93. The number of nitrogens with one attached hydrogen (secondary N) is 1. The molecule has 1 atom stereocenters. The van der Waals surface area contributed by atoms with E-state index in [0.717, 1.165) is 12.0 Å². The fourth-order valence-electron chi connectivity index (χ4n) is 3.16. The van der Waals surface area contributed by atoms with Gasteiger partial charge >= 0.3 is 0 Å². The van der Waals surface area contributed by atoms with E-state index in [1.54, 1.807) is 12.1 Å². The van der Waals surface area contributed by atoms with Gasteiger partial charge in [-0.2, -0.15) is 0 Å². The van der Waals surface area contributed by atoms with E-state index in [-0.39, 0.29) is 5.82 Å². The van der Waals surface area contributed by atoms with Gasteiger partial charge in [-0.25, -0.2) is 4.39 Å². The monoisotopic (exact) mass is 288 g/mol. The van der Waals surface area contributed by atoms with Gasteiger partial charge in [-0.15, -0.1) is 0 Å². The van der Waals surface area contributed by atoms with Crippen molar-refractivity contribution in [3.8, 4) is 5.75 Å². The van der Waals surface area contributed by atoms with Crippen LogP contribution in [-0.4, -0.2) is 18.7 Å². The highest BCUT2D eigenvalue weighted by Crippen LogP contribution is 2.30. The number of nitrogens with zero attached hydrogens (tertiary/aromatic N) is 1. The van der Waals surface area contributed by atoms with Crippen LogP contribution in [0.25, 0.3) is 0 Å². The van der Waals surface area contributed by atoms with Crippen LogP contribution in [0.5, 0.6) is 5.75 Å². The Kier molecular flexibility index (Phi) is 3.97. The van der Waals surface area contributed by atoms with Crippen LogP contribution in [0.4, 0.5) is 4.39 Å². The minimum Gasteiger partial charge on any atom is -0.494 e. The third-order valence-electron chi connectivity index (χ3n) is 4.24. The minimum absolute atomic E-state index is 0.292. The SMILES string of the molecule is CNC1CCCc2cn(Cc3ccc(OC)c(F)c3)cc21. The third kappa shape index (κ3) is 2.81. The first-order valence-corrected chi connectivity index (χ1v) is 7.39. The lowest BCUT2D eigenvalue weighted by molar-refractivity contribution is 0.386. The van der Waals surface area contributed by atoms with Gasteiger partial charge in [-0.05, 0) is 55.1 Å². The number of hydrogen-bond donors (Lipinski definition) is 1. The Hall–Kier alpha value is -1.81. The first-order chi connectivity index (χ1) is 10.2. The Balaban J connectivity index is 1.82. The van der Waals surface area contributed by atoms with Crippen molar-refractivity contribution in [1.29, 1.82) is 0 Å². The number of aromatic nitrogens is 1. The molecule has 0 radical (unpaired) electrons. The summed E-state index contributed by atoms with van der Waals surface area (Å²) in [6.45, 7) is 0.685. The Morgan fingerprint density at radius 3 is 2.95 bits per heavy atom. The predicted octanol–water partition coefficient (Wildman–Crippen LogP) is 3.28. The zero-order valence-electron chi connectivity index (χ0n) is 12.5. The van der Waals surface area contributed by atoms with Crippen molar-refractivity contribution in [3.63, 3.8) is 0 Å². The maximum atomic E-state index is 13.8. The number of hydrogen-bond acceptors (Lipinski definition) is 2. The van der Waals surface area contributed by atoms with Crippen molar-refractivity contribution in [2.75, 3.05) is 14.2 Å². The average molecular weight is 288 g/mol. The first-order valence-electron chi connectivity index (χ1n) is 7.39. The van der Waals surface area contributed by atoms with E-state index >= 15 is 0 Å². The molecule has 0 amide bonds. The van der Waals surface area contributed by atoms with Gasteiger partial charge < -0.3 is 14.6 Å². The fraction of sp³-hybridized carbons (Fsp3) is 0.412. The van der Waals surface area contributed by atoms with Crippen LogP contribution in [0.3, 0.4) is 0 Å². The molecule has 0 fully saturated rings. The predicted molar refractivity (Wildman–Crippen MR) is 81.2 cm³/mol. The normalized spacial score (nSPS) is 17.6. The van der Waals surface area contributed by atoms with Crippen LogP contribution in [-0.2, 0) is 13.0 Å². The Morgan fingerprint density at radius 2 is 2.24 bits per heavy atom. The second-order valence-electron chi connectivity index (χ2n) is 5.61. The summed E-state index contributed by atoms with van der Waals surface area (Å²) >= 11 is 0. The van der Waals surface area contributed by atoms with E-state index in [9.17, 15) is 4.39 Å². The van der Waals surface area contributed by atoms with Crippen LogP contribution in [0.1, 0.15) is 35.6 Å². The maximum absolute atomic E-state index is 13.8. The van der Waals surface area contributed by atoms with Crippen LogP contribution >= 0.6 is 0 Å². The molecule has 1 unspecified atom stereocenters. The molecular weight excluding hydrogens is 267 g/mol. The molecule has 4 heteroatoms. The van der Waals surface area contributed by atoms with Crippen LogP contribution < -0.4 is 10.1 Å². The number of halogens is 1. The number of fused-ring (bicyclic) bond motifs is 1.